The zero-order chi connectivity index (χ0) is 17.9. The Morgan fingerprint density at radius 1 is 1.00 bits per heavy atom. The first-order valence-corrected chi connectivity index (χ1v) is 9.69. The summed E-state index contributed by atoms with van der Waals surface area (Å²) >= 11 is 1.80. The molecule has 1 amide bonds. The zero-order valence-electron chi connectivity index (χ0n) is 14.8. The maximum Gasteiger partial charge on any atom is 0.251 e. The van der Waals surface area contributed by atoms with E-state index in [1.165, 1.54) is 5.56 Å². The maximum absolute atomic E-state index is 12.3. The molecule has 0 atom stereocenters. The van der Waals surface area contributed by atoms with Crippen molar-refractivity contribution in [1.29, 1.82) is 0 Å². The van der Waals surface area contributed by atoms with Crippen LogP contribution in [0.15, 0.2) is 48.5 Å². The van der Waals surface area contributed by atoms with Crippen molar-refractivity contribution in [2.24, 2.45) is 0 Å². The van der Waals surface area contributed by atoms with Gasteiger partial charge in [-0.2, -0.15) is 11.8 Å². The van der Waals surface area contributed by atoms with E-state index in [0.717, 1.165) is 11.5 Å². The van der Waals surface area contributed by atoms with Gasteiger partial charge in [0, 0.05) is 23.6 Å². The molecule has 0 spiro atoms. The molecule has 0 radical (unpaired) electrons. The van der Waals surface area contributed by atoms with Gasteiger partial charge in [-0.1, -0.05) is 30.3 Å². The molecule has 2 rings (SSSR count). The van der Waals surface area contributed by atoms with Gasteiger partial charge in [-0.05, 0) is 37.6 Å². The lowest BCUT2D eigenvalue weighted by Crippen LogP contribution is -2.25. The van der Waals surface area contributed by atoms with E-state index >= 15 is 0 Å². The average Bonchev–Trinajstić information content (AvgIpc) is 2.64. The lowest BCUT2D eigenvalue weighted by atomic mass is 10.2. The Morgan fingerprint density at radius 3 is 2.44 bits per heavy atom. The van der Waals surface area contributed by atoms with Crippen LogP contribution in [0.2, 0.25) is 0 Å². The van der Waals surface area contributed by atoms with E-state index in [4.69, 9.17) is 9.47 Å². The van der Waals surface area contributed by atoms with Crippen LogP contribution in [0.1, 0.15) is 29.8 Å². The molecule has 0 saturated carbocycles. The number of thioether (sulfide) groups is 1. The van der Waals surface area contributed by atoms with Crippen LogP contribution in [0.4, 0.5) is 0 Å². The monoisotopic (exact) mass is 359 g/mol. The third-order valence-corrected chi connectivity index (χ3v) is 4.48. The van der Waals surface area contributed by atoms with Crippen molar-refractivity contribution in [1.82, 2.24) is 5.32 Å². The second kappa shape index (κ2) is 10.7. The first-order valence-electron chi connectivity index (χ1n) is 8.54. The molecular weight excluding hydrogens is 334 g/mol. The average molecular weight is 359 g/mol. The first-order chi connectivity index (χ1) is 12.2. The molecule has 0 unspecified atom stereocenters. The molecular formula is C20H25NO3S. The topological polar surface area (TPSA) is 47.6 Å². The van der Waals surface area contributed by atoms with E-state index in [2.05, 4.69) is 17.4 Å². The summed E-state index contributed by atoms with van der Waals surface area (Å²) in [6, 6.07) is 15.6. The van der Waals surface area contributed by atoms with Crippen LogP contribution in [0.3, 0.4) is 0 Å². The Hall–Kier alpha value is -2.14. The molecule has 1 N–H and O–H groups in total. The third kappa shape index (κ3) is 6.35. The van der Waals surface area contributed by atoms with Crippen molar-refractivity contribution in [3.05, 3.63) is 59.7 Å². The molecule has 25 heavy (non-hydrogen) atoms. The fourth-order valence-corrected chi connectivity index (χ4v) is 3.11. The molecule has 4 nitrogen and oxygen atoms in total. The second-order valence-electron chi connectivity index (χ2n) is 5.32. The Morgan fingerprint density at radius 2 is 1.72 bits per heavy atom. The van der Waals surface area contributed by atoms with Crippen molar-refractivity contribution in [2.75, 3.05) is 25.5 Å². The summed E-state index contributed by atoms with van der Waals surface area (Å²) in [5.74, 6) is 3.00. The molecule has 0 aliphatic rings. The molecule has 2 aromatic carbocycles. The molecule has 0 aromatic heterocycles. The Labute approximate surface area is 153 Å². The number of carbonyl (C=O) groups is 1. The molecule has 0 aliphatic heterocycles. The van der Waals surface area contributed by atoms with Gasteiger partial charge < -0.3 is 14.8 Å². The van der Waals surface area contributed by atoms with Crippen LogP contribution in [0.5, 0.6) is 11.5 Å². The highest BCUT2D eigenvalue weighted by molar-refractivity contribution is 7.98. The summed E-state index contributed by atoms with van der Waals surface area (Å²) in [6.07, 6.45) is 0. The predicted octanol–water partition coefficient (Wildman–Crippen LogP) is 4.15. The molecule has 134 valence electrons. The molecule has 0 heterocycles. The summed E-state index contributed by atoms with van der Waals surface area (Å²) in [5.41, 5.74) is 1.88. The quantitative estimate of drug-likeness (QED) is 0.648. The van der Waals surface area contributed by atoms with E-state index in [1.807, 2.05) is 32.0 Å². The highest BCUT2D eigenvalue weighted by atomic mass is 32.2. The van der Waals surface area contributed by atoms with Crippen molar-refractivity contribution < 1.29 is 14.3 Å². The van der Waals surface area contributed by atoms with Crippen LogP contribution in [-0.2, 0) is 5.75 Å². The van der Waals surface area contributed by atoms with Gasteiger partial charge in [-0.15, -0.1) is 0 Å². The Balaban J connectivity index is 1.80. The van der Waals surface area contributed by atoms with Gasteiger partial charge in [0.15, 0.2) is 11.5 Å². The van der Waals surface area contributed by atoms with Crippen molar-refractivity contribution >= 4 is 17.7 Å². The highest BCUT2D eigenvalue weighted by Crippen LogP contribution is 2.28. The largest absolute Gasteiger partial charge is 0.490 e. The number of hydrogen-bond donors (Lipinski definition) is 1. The number of hydrogen-bond acceptors (Lipinski definition) is 4. The Bertz CT molecular complexity index is 661. The number of nitrogens with one attached hydrogen (secondary N) is 1. The summed E-state index contributed by atoms with van der Waals surface area (Å²) in [5, 5.41) is 2.95. The van der Waals surface area contributed by atoms with E-state index < -0.39 is 0 Å². The number of rotatable bonds is 10. The van der Waals surface area contributed by atoms with Gasteiger partial charge in [0.05, 0.1) is 13.2 Å². The normalized spacial score (nSPS) is 10.3. The van der Waals surface area contributed by atoms with E-state index in [-0.39, 0.29) is 5.91 Å². The molecule has 2 aromatic rings. The minimum Gasteiger partial charge on any atom is -0.490 e. The van der Waals surface area contributed by atoms with Crippen LogP contribution in [0.25, 0.3) is 0 Å². The van der Waals surface area contributed by atoms with Crippen molar-refractivity contribution in [3.8, 4) is 11.5 Å². The lowest BCUT2D eigenvalue weighted by molar-refractivity contribution is 0.0955. The van der Waals surface area contributed by atoms with Gasteiger partial charge in [0.1, 0.15) is 0 Å². The van der Waals surface area contributed by atoms with Crippen LogP contribution < -0.4 is 14.8 Å². The first kappa shape index (κ1) is 19.2. The SMILES string of the molecule is CCOc1ccc(C(=O)NCCSCc2ccccc2)cc1OCC. The summed E-state index contributed by atoms with van der Waals surface area (Å²) in [7, 11) is 0. The van der Waals surface area contributed by atoms with Gasteiger partial charge in [-0.25, -0.2) is 0 Å². The van der Waals surface area contributed by atoms with E-state index in [9.17, 15) is 4.79 Å². The van der Waals surface area contributed by atoms with Gasteiger partial charge in [-0.3, -0.25) is 4.79 Å². The summed E-state index contributed by atoms with van der Waals surface area (Å²) < 4.78 is 11.1. The standard InChI is InChI=1S/C20H25NO3S/c1-3-23-18-11-10-17(14-19(18)24-4-2)20(22)21-12-13-25-15-16-8-6-5-7-9-16/h5-11,14H,3-4,12-13,15H2,1-2H3,(H,21,22). The predicted molar refractivity (Wildman–Crippen MR) is 104 cm³/mol. The third-order valence-electron chi connectivity index (χ3n) is 3.45. The number of ether oxygens (including phenoxy) is 2. The fraction of sp³-hybridized carbons (Fsp3) is 0.350. The van der Waals surface area contributed by atoms with Crippen LogP contribution in [0, 0.1) is 0 Å². The number of carbonyl (C=O) groups excluding carboxylic acids is 1. The van der Waals surface area contributed by atoms with Crippen molar-refractivity contribution in [3.63, 3.8) is 0 Å². The fourth-order valence-electron chi connectivity index (χ4n) is 2.30. The van der Waals surface area contributed by atoms with Crippen LogP contribution >= 0.6 is 11.8 Å². The lowest BCUT2D eigenvalue weighted by Gasteiger charge is -2.12. The van der Waals surface area contributed by atoms with Gasteiger partial charge in [0.25, 0.3) is 5.91 Å². The maximum atomic E-state index is 12.3. The van der Waals surface area contributed by atoms with Crippen molar-refractivity contribution in [2.45, 2.75) is 19.6 Å². The van der Waals surface area contributed by atoms with Gasteiger partial charge >= 0.3 is 0 Å². The van der Waals surface area contributed by atoms with Crippen LogP contribution in [-0.4, -0.2) is 31.4 Å². The minimum absolute atomic E-state index is 0.0932. The summed E-state index contributed by atoms with van der Waals surface area (Å²) in [6.45, 7) is 5.55. The molecule has 0 aliphatic carbocycles. The van der Waals surface area contributed by atoms with E-state index in [1.54, 1.807) is 30.0 Å². The highest BCUT2D eigenvalue weighted by Gasteiger charge is 2.11. The van der Waals surface area contributed by atoms with Gasteiger partial charge in [0.2, 0.25) is 0 Å². The number of benzene rings is 2. The Kier molecular flexibility index (Phi) is 8.19. The number of amides is 1. The molecule has 0 saturated heterocycles. The minimum atomic E-state index is -0.0932. The summed E-state index contributed by atoms with van der Waals surface area (Å²) in [4.78, 5) is 12.3. The van der Waals surface area contributed by atoms with E-state index in [0.29, 0.717) is 36.8 Å². The molecule has 0 bridgehead atoms. The smallest absolute Gasteiger partial charge is 0.251 e. The zero-order valence-corrected chi connectivity index (χ0v) is 15.6. The molecule has 5 heteroatoms. The second-order valence-corrected chi connectivity index (χ2v) is 6.43. The molecule has 0 fully saturated rings.